The smallest absolute Gasteiger partial charge is 0.122 e. The molecule has 17 heavy (non-hydrogen) atoms. The van der Waals surface area contributed by atoms with Crippen molar-refractivity contribution in [1.29, 1.82) is 0 Å². The van der Waals surface area contributed by atoms with Crippen molar-refractivity contribution in [2.45, 2.75) is 45.6 Å². The fourth-order valence-corrected chi connectivity index (χ4v) is 2.07. The highest BCUT2D eigenvalue weighted by Crippen LogP contribution is 2.21. The predicted octanol–water partition coefficient (Wildman–Crippen LogP) is 3.18. The number of hydrogen-bond acceptors (Lipinski definition) is 3. The normalized spacial score (nSPS) is 13.2. The summed E-state index contributed by atoms with van der Waals surface area (Å²) in [5.41, 5.74) is 5.91. The molecule has 1 heterocycles. The minimum absolute atomic E-state index is 0.239. The zero-order chi connectivity index (χ0) is 12.5. The summed E-state index contributed by atoms with van der Waals surface area (Å²) in [7, 11) is 0. The van der Waals surface area contributed by atoms with E-state index in [9.17, 15) is 0 Å². The Morgan fingerprint density at radius 1 is 1.24 bits per heavy atom. The van der Waals surface area contributed by atoms with Gasteiger partial charge in [0.15, 0.2) is 0 Å². The maximum absolute atomic E-state index is 5.91. The summed E-state index contributed by atoms with van der Waals surface area (Å²) in [6.45, 7) is 7.30. The van der Waals surface area contributed by atoms with E-state index in [1.165, 1.54) is 25.7 Å². The Morgan fingerprint density at radius 3 is 2.29 bits per heavy atom. The number of nitrogens with two attached hydrogens (primary N) is 1. The number of hydrogen-bond donors (Lipinski definition) is 1. The molecule has 0 aliphatic rings. The van der Waals surface area contributed by atoms with Gasteiger partial charge in [-0.2, -0.15) is 0 Å². The Morgan fingerprint density at radius 2 is 1.88 bits per heavy atom. The third-order valence-electron chi connectivity index (χ3n) is 3.13. The van der Waals surface area contributed by atoms with Gasteiger partial charge < -0.3 is 10.2 Å². The van der Waals surface area contributed by atoms with Crippen LogP contribution in [-0.4, -0.2) is 24.5 Å². The third-order valence-corrected chi connectivity index (χ3v) is 3.13. The van der Waals surface area contributed by atoms with Gasteiger partial charge in [0.25, 0.3) is 0 Å². The lowest BCUT2D eigenvalue weighted by Crippen LogP contribution is -2.35. The minimum Gasteiger partial charge on any atom is -0.468 e. The van der Waals surface area contributed by atoms with Gasteiger partial charge >= 0.3 is 0 Å². The van der Waals surface area contributed by atoms with Gasteiger partial charge in [0.1, 0.15) is 5.76 Å². The molecule has 0 saturated carbocycles. The van der Waals surface area contributed by atoms with Crippen molar-refractivity contribution in [2.24, 2.45) is 5.73 Å². The van der Waals surface area contributed by atoms with Crippen molar-refractivity contribution in [3.05, 3.63) is 24.2 Å². The molecule has 0 fully saturated rings. The molecule has 3 heteroatoms. The second-order valence-electron chi connectivity index (χ2n) is 4.51. The maximum Gasteiger partial charge on any atom is 0.122 e. The first kappa shape index (κ1) is 14.3. The molecule has 1 unspecified atom stereocenters. The van der Waals surface area contributed by atoms with Crippen molar-refractivity contribution >= 4 is 0 Å². The molecule has 1 aromatic rings. The van der Waals surface area contributed by atoms with Crippen LogP contribution in [-0.2, 0) is 0 Å². The van der Waals surface area contributed by atoms with Crippen LogP contribution >= 0.6 is 0 Å². The van der Waals surface area contributed by atoms with Crippen LogP contribution in [0.5, 0.6) is 0 Å². The van der Waals surface area contributed by atoms with Crippen molar-refractivity contribution in [3.63, 3.8) is 0 Å². The Labute approximate surface area is 105 Å². The van der Waals surface area contributed by atoms with E-state index in [0.717, 1.165) is 18.8 Å². The lowest BCUT2D eigenvalue weighted by atomic mass is 10.1. The van der Waals surface area contributed by atoms with Crippen molar-refractivity contribution in [2.75, 3.05) is 19.6 Å². The highest BCUT2D eigenvalue weighted by molar-refractivity contribution is 5.05. The summed E-state index contributed by atoms with van der Waals surface area (Å²) in [5.74, 6) is 1.000. The molecule has 1 atom stereocenters. The maximum atomic E-state index is 5.91. The summed E-state index contributed by atoms with van der Waals surface area (Å²) in [4.78, 5) is 2.46. The fourth-order valence-electron chi connectivity index (χ4n) is 2.07. The van der Waals surface area contributed by atoms with Crippen LogP contribution in [0.4, 0.5) is 0 Å². The summed E-state index contributed by atoms with van der Waals surface area (Å²) >= 11 is 0. The van der Waals surface area contributed by atoms with E-state index in [2.05, 4.69) is 18.7 Å². The minimum atomic E-state index is 0.239. The van der Waals surface area contributed by atoms with E-state index in [0.29, 0.717) is 6.54 Å². The van der Waals surface area contributed by atoms with Gasteiger partial charge in [-0.1, -0.05) is 26.7 Å². The molecule has 0 aliphatic carbocycles. The van der Waals surface area contributed by atoms with Crippen LogP contribution in [0.2, 0.25) is 0 Å². The lowest BCUT2D eigenvalue weighted by molar-refractivity contribution is 0.174. The summed E-state index contributed by atoms with van der Waals surface area (Å²) in [6, 6.07) is 4.21. The molecular formula is C14H26N2O. The molecule has 0 aromatic carbocycles. The van der Waals surface area contributed by atoms with E-state index >= 15 is 0 Å². The van der Waals surface area contributed by atoms with Gasteiger partial charge in [-0.3, -0.25) is 4.90 Å². The van der Waals surface area contributed by atoms with Gasteiger partial charge in [-0.25, -0.2) is 0 Å². The van der Waals surface area contributed by atoms with Crippen LogP contribution in [0.3, 0.4) is 0 Å². The second kappa shape index (κ2) is 8.31. The van der Waals surface area contributed by atoms with E-state index in [1.807, 2.05) is 12.1 Å². The van der Waals surface area contributed by atoms with E-state index < -0.39 is 0 Å². The van der Waals surface area contributed by atoms with Gasteiger partial charge in [0, 0.05) is 6.54 Å². The molecule has 2 N–H and O–H groups in total. The molecule has 0 bridgehead atoms. The van der Waals surface area contributed by atoms with Crippen molar-refractivity contribution < 1.29 is 4.42 Å². The largest absolute Gasteiger partial charge is 0.468 e. The average molecular weight is 238 g/mol. The topological polar surface area (TPSA) is 42.4 Å². The zero-order valence-corrected chi connectivity index (χ0v) is 11.2. The Balaban J connectivity index is 2.63. The van der Waals surface area contributed by atoms with Crippen LogP contribution in [0.1, 0.15) is 51.3 Å². The van der Waals surface area contributed by atoms with Crippen LogP contribution in [0, 0.1) is 0 Å². The highest BCUT2D eigenvalue weighted by atomic mass is 16.3. The molecule has 1 aromatic heterocycles. The van der Waals surface area contributed by atoms with Crippen molar-refractivity contribution in [3.8, 4) is 0 Å². The Bertz CT molecular complexity index is 264. The van der Waals surface area contributed by atoms with Gasteiger partial charge in [0.05, 0.1) is 12.3 Å². The first-order chi connectivity index (χ1) is 8.33. The van der Waals surface area contributed by atoms with Gasteiger partial charge in [0.2, 0.25) is 0 Å². The summed E-state index contributed by atoms with van der Waals surface area (Å²) in [5, 5.41) is 0. The standard InChI is InChI=1S/C14H26N2O/c1-3-5-9-16(10-6-4-2)13(12-15)14-8-7-11-17-14/h7-8,11,13H,3-6,9-10,12,15H2,1-2H3. The monoisotopic (exact) mass is 238 g/mol. The van der Waals surface area contributed by atoms with Gasteiger partial charge in [-0.15, -0.1) is 0 Å². The molecular weight excluding hydrogens is 212 g/mol. The fraction of sp³-hybridized carbons (Fsp3) is 0.714. The number of furan rings is 1. The quantitative estimate of drug-likeness (QED) is 0.718. The molecule has 0 radical (unpaired) electrons. The molecule has 0 saturated heterocycles. The zero-order valence-electron chi connectivity index (χ0n) is 11.2. The first-order valence-corrected chi connectivity index (χ1v) is 6.81. The number of unbranched alkanes of at least 4 members (excludes halogenated alkanes) is 2. The lowest BCUT2D eigenvalue weighted by Gasteiger charge is -2.29. The highest BCUT2D eigenvalue weighted by Gasteiger charge is 2.20. The molecule has 0 spiro atoms. The van der Waals surface area contributed by atoms with Crippen LogP contribution in [0.25, 0.3) is 0 Å². The molecule has 3 nitrogen and oxygen atoms in total. The van der Waals surface area contributed by atoms with Gasteiger partial charge in [-0.05, 0) is 38.1 Å². The third kappa shape index (κ3) is 4.52. The van der Waals surface area contributed by atoms with Crippen molar-refractivity contribution in [1.82, 2.24) is 4.90 Å². The molecule has 98 valence electrons. The second-order valence-corrected chi connectivity index (χ2v) is 4.51. The van der Waals surface area contributed by atoms with E-state index in [4.69, 9.17) is 10.2 Å². The molecule has 0 aliphatic heterocycles. The Hall–Kier alpha value is -0.800. The SMILES string of the molecule is CCCCN(CCCC)C(CN)c1ccco1. The average Bonchev–Trinajstić information content (AvgIpc) is 2.86. The summed E-state index contributed by atoms with van der Waals surface area (Å²) in [6.07, 6.45) is 6.62. The molecule has 0 amide bonds. The number of rotatable bonds is 9. The predicted molar refractivity (Wildman–Crippen MR) is 71.9 cm³/mol. The van der Waals surface area contributed by atoms with E-state index in [-0.39, 0.29) is 6.04 Å². The molecule has 1 rings (SSSR count). The number of nitrogens with zero attached hydrogens (tertiary/aromatic N) is 1. The summed E-state index contributed by atoms with van der Waals surface area (Å²) < 4.78 is 5.51. The van der Waals surface area contributed by atoms with Crippen LogP contribution < -0.4 is 5.73 Å². The van der Waals surface area contributed by atoms with Crippen LogP contribution in [0.15, 0.2) is 22.8 Å². The first-order valence-electron chi connectivity index (χ1n) is 6.81. The Kier molecular flexibility index (Phi) is 6.97. The van der Waals surface area contributed by atoms with E-state index in [1.54, 1.807) is 6.26 Å².